The molecule has 0 unspecified atom stereocenters. The van der Waals surface area contributed by atoms with E-state index in [1.165, 1.54) is 23.1 Å². The minimum Gasteiger partial charge on any atom is -0.457 e. The molecule has 146 valence electrons. The second-order valence-corrected chi connectivity index (χ2v) is 7.00. The summed E-state index contributed by atoms with van der Waals surface area (Å²) in [6.07, 6.45) is 1.63. The molecule has 0 saturated carbocycles. The highest BCUT2D eigenvalue weighted by Gasteiger charge is 2.38. The Morgan fingerprint density at radius 1 is 1.25 bits per heavy atom. The number of fused-ring (bicyclic) bond motifs is 1. The summed E-state index contributed by atoms with van der Waals surface area (Å²) in [5.41, 5.74) is 2.10. The zero-order valence-electron chi connectivity index (χ0n) is 15.7. The quantitative estimate of drug-likeness (QED) is 0.577. The van der Waals surface area contributed by atoms with Gasteiger partial charge in [-0.1, -0.05) is 5.16 Å². The SMILES string of the molecule is Cc1noc(C)c1COC(=O)c1ccc2c(c1)C(=O)N(C[C@@H]1CCCO1)C2=O. The van der Waals surface area contributed by atoms with Gasteiger partial charge in [0.2, 0.25) is 0 Å². The van der Waals surface area contributed by atoms with Crippen molar-refractivity contribution in [3.8, 4) is 0 Å². The van der Waals surface area contributed by atoms with Crippen LogP contribution in [0.4, 0.5) is 0 Å². The van der Waals surface area contributed by atoms with E-state index in [0.29, 0.717) is 29.2 Å². The van der Waals surface area contributed by atoms with Crippen LogP contribution in [0, 0.1) is 13.8 Å². The fourth-order valence-corrected chi connectivity index (χ4v) is 3.50. The zero-order chi connectivity index (χ0) is 19.8. The number of carbonyl (C=O) groups excluding carboxylic acids is 3. The zero-order valence-corrected chi connectivity index (χ0v) is 15.7. The van der Waals surface area contributed by atoms with Crippen LogP contribution in [0.1, 0.15) is 60.9 Å². The molecule has 4 rings (SSSR count). The summed E-state index contributed by atoms with van der Waals surface area (Å²) >= 11 is 0. The number of rotatable bonds is 5. The topological polar surface area (TPSA) is 98.9 Å². The van der Waals surface area contributed by atoms with Gasteiger partial charge in [-0.15, -0.1) is 0 Å². The van der Waals surface area contributed by atoms with Crippen LogP contribution in [-0.2, 0) is 16.1 Å². The molecule has 1 fully saturated rings. The van der Waals surface area contributed by atoms with Crippen molar-refractivity contribution in [3.05, 3.63) is 51.9 Å². The largest absolute Gasteiger partial charge is 0.457 e. The van der Waals surface area contributed by atoms with Gasteiger partial charge < -0.3 is 14.0 Å². The predicted molar refractivity (Wildman–Crippen MR) is 95.9 cm³/mol. The van der Waals surface area contributed by atoms with Gasteiger partial charge in [0, 0.05) is 6.61 Å². The van der Waals surface area contributed by atoms with Gasteiger partial charge in [-0.3, -0.25) is 14.5 Å². The molecule has 1 saturated heterocycles. The molecule has 1 aromatic carbocycles. The average molecular weight is 384 g/mol. The van der Waals surface area contributed by atoms with E-state index in [-0.39, 0.29) is 36.3 Å². The summed E-state index contributed by atoms with van der Waals surface area (Å²) < 4.78 is 15.9. The van der Waals surface area contributed by atoms with Crippen molar-refractivity contribution >= 4 is 17.8 Å². The maximum Gasteiger partial charge on any atom is 0.338 e. The molecule has 2 aliphatic rings. The van der Waals surface area contributed by atoms with E-state index in [9.17, 15) is 14.4 Å². The van der Waals surface area contributed by atoms with Gasteiger partial charge in [0.1, 0.15) is 12.4 Å². The number of benzene rings is 1. The van der Waals surface area contributed by atoms with Gasteiger partial charge in [0.05, 0.1) is 40.6 Å². The molecule has 2 amide bonds. The number of ether oxygens (including phenoxy) is 2. The molecule has 0 N–H and O–H groups in total. The second-order valence-electron chi connectivity index (χ2n) is 7.00. The number of hydrogen-bond donors (Lipinski definition) is 0. The van der Waals surface area contributed by atoms with Gasteiger partial charge in [-0.2, -0.15) is 0 Å². The van der Waals surface area contributed by atoms with Crippen LogP contribution in [0.25, 0.3) is 0 Å². The number of aryl methyl sites for hydroxylation is 2. The third-order valence-electron chi connectivity index (χ3n) is 5.15. The maximum atomic E-state index is 12.7. The Morgan fingerprint density at radius 2 is 2.04 bits per heavy atom. The van der Waals surface area contributed by atoms with Gasteiger partial charge in [0.25, 0.3) is 11.8 Å². The van der Waals surface area contributed by atoms with Gasteiger partial charge >= 0.3 is 5.97 Å². The Kier molecular flexibility index (Phi) is 4.72. The lowest BCUT2D eigenvalue weighted by Crippen LogP contribution is -2.36. The molecule has 28 heavy (non-hydrogen) atoms. The van der Waals surface area contributed by atoms with Crippen molar-refractivity contribution in [1.82, 2.24) is 10.1 Å². The van der Waals surface area contributed by atoms with Crippen LogP contribution in [-0.4, -0.2) is 47.1 Å². The lowest BCUT2D eigenvalue weighted by molar-refractivity contribution is 0.0467. The Bertz CT molecular complexity index is 938. The smallest absolute Gasteiger partial charge is 0.338 e. The molecule has 8 nitrogen and oxygen atoms in total. The van der Waals surface area contributed by atoms with E-state index in [1.54, 1.807) is 13.8 Å². The molecular formula is C20H20N2O6. The first kappa shape index (κ1) is 18.4. The molecule has 0 spiro atoms. The molecule has 2 aromatic rings. The van der Waals surface area contributed by atoms with E-state index in [1.807, 2.05) is 0 Å². The Labute approximate surface area is 161 Å². The van der Waals surface area contributed by atoms with E-state index >= 15 is 0 Å². The number of amides is 2. The molecule has 1 atom stereocenters. The number of esters is 1. The van der Waals surface area contributed by atoms with Crippen molar-refractivity contribution in [3.63, 3.8) is 0 Å². The number of hydrogen-bond acceptors (Lipinski definition) is 7. The Balaban J connectivity index is 1.48. The van der Waals surface area contributed by atoms with Crippen molar-refractivity contribution in [2.75, 3.05) is 13.2 Å². The maximum absolute atomic E-state index is 12.7. The summed E-state index contributed by atoms with van der Waals surface area (Å²) in [4.78, 5) is 38.8. The standard InChI is InChI=1S/C20H20N2O6/c1-11-17(12(2)28-21-11)10-27-20(25)13-5-6-15-16(8-13)19(24)22(18(15)23)9-14-4-3-7-26-14/h5-6,8,14H,3-4,7,9-10H2,1-2H3/t14-/m0/s1. The number of nitrogens with zero attached hydrogens (tertiary/aromatic N) is 2. The van der Waals surface area contributed by atoms with Crippen LogP contribution in [0.2, 0.25) is 0 Å². The first-order valence-corrected chi connectivity index (χ1v) is 9.16. The van der Waals surface area contributed by atoms with E-state index in [4.69, 9.17) is 14.0 Å². The third kappa shape index (κ3) is 3.20. The highest BCUT2D eigenvalue weighted by molar-refractivity contribution is 6.22. The van der Waals surface area contributed by atoms with Crippen LogP contribution < -0.4 is 0 Å². The number of carbonyl (C=O) groups is 3. The van der Waals surface area contributed by atoms with Crippen molar-refractivity contribution in [2.45, 2.75) is 39.4 Å². The van der Waals surface area contributed by atoms with Crippen molar-refractivity contribution in [2.24, 2.45) is 0 Å². The van der Waals surface area contributed by atoms with Crippen molar-refractivity contribution in [1.29, 1.82) is 0 Å². The molecule has 0 bridgehead atoms. The summed E-state index contributed by atoms with van der Waals surface area (Å²) in [5, 5.41) is 3.82. The lowest BCUT2D eigenvalue weighted by Gasteiger charge is -2.17. The highest BCUT2D eigenvalue weighted by atomic mass is 16.5. The van der Waals surface area contributed by atoms with Gasteiger partial charge in [-0.25, -0.2) is 4.79 Å². The molecule has 1 aromatic heterocycles. The normalized spacial score (nSPS) is 18.6. The van der Waals surface area contributed by atoms with Crippen molar-refractivity contribution < 1.29 is 28.4 Å². The van der Waals surface area contributed by atoms with Crippen LogP contribution >= 0.6 is 0 Å². The third-order valence-corrected chi connectivity index (χ3v) is 5.15. The number of aromatic nitrogens is 1. The minimum absolute atomic E-state index is 0.0229. The first-order chi connectivity index (χ1) is 13.5. The van der Waals surface area contributed by atoms with Crippen LogP contribution in [0.3, 0.4) is 0 Å². The first-order valence-electron chi connectivity index (χ1n) is 9.16. The van der Waals surface area contributed by atoms with Gasteiger partial charge in [-0.05, 0) is 44.9 Å². The Hall–Kier alpha value is -3.00. The molecule has 8 heteroatoms. The fraction of sp³-hybridized carbons (Fsp3) is 0.400. The second kappa shape index (κ2) is 7.20. The van der Waals surface area contributed by atoms with E-state index in [0.717, 1.165) is 12.8 Å². The molecule has 2 aliphatic heterocycles. The van der Waals surface area contributed by atoms with E-state index in [2.05, 4.69) is 5.16 Å². The molecular weight excluding hydrogens is 364 g/mol. The molecule has 0 aliphatic carbocycles. The van der Waals surface area contributed by atoms with Crippen LogP contribution in [0.5, 0.6) is 0 Å². The minimum atomic E-state index is -0.583. The average Bonchev–Trinajstić information content (AvgIpc) is 3.37. The summed E-state index contributed by atoms with van der Waals surface area (Å²) in [5.74, 6) is -0.757. The fourth-order valence-electron chi connectivity index (χ4n) is 3.50. The Morgan fingerprint density at radius 3 is 2.71 bits per heavy atom. The highest BCUT2D eigenvalue weighted by Crippen LogP contribution is 2.26. The summed E-state index contributed by atoms with van der Waals surface area (Å²) in [6, 6.07) is 4.41. The molecule has 0 radical (unpaired) electrons. The molecule has 3 heterocycles. The lowest BCUT2D eigenvalue weighted by atomic mass is 10.1. The number of imide groups is 1. The monoisotopic (exact) mass is 384 g/mol. The summed E-state index contributed by atoms with van der Waals surface area (Å²) in [7, 11) is 0. The predicted octanol–water partition coefficient (Wildman–Crippen LogP) is 2.42. The van der Waals surface area contributed by atoms with E-state index < -0.39 is 11.9 Å². The van der Waals surface area contributed by atoms with Crippen LogP contribution in [0.15, 0.2) is 22.7 Å². The summed E-state index contributed by atoms with van der Waals surface area (Å²) in [6.45, 7) is 4.41. The van der Waals surface area contributed by atoms with Gasteiger partial charge in [0.15, 0.2) is 0 Å².